The smallest absolute Gasteiger partial charge is 0.138 e. The minimum absolute atomic E-state index is 0. The van der Waals surface area contributed by atoms with Crippen molar-refractivity contribution in [2.24, 2.45) is 0 Å². The largest absolute Gasteiger partial charge is 0.376 e. The number of hydrogen-bond donors (Lipinski definition) is 1. The van der Waals surface area contributed by atoms with Crippen LogP contribution >= 0.6 is 0 Å². The van der Waals surface area contributed by atoms with E-state index in [9.17, 15) is 0 Å². The lowest BCUT2D eigenvalue weighted by Gasteiger charge is -2.13. The lowest BCUT2D eigenvalue weighted by atomic mass is 10.1. The monoisotopic (exact) mass is 261 g/mol. The number of aromatic amines is 1. The second kappa shape index (κ2) is 6.41. The van der Waals surface area contributed by atoms with E-state index in [1.54, 1.807) is 0 Å². The number of fused-ring (bicyclic) bond motifs is 1. The number of nitrogens with zero attached hydrogens (tertiary/aromatic N) is 2. The minimum atomic E-state index is 0. The number of rotatable bonds is 3. The van der Waals surface area contributed by atoms with Gasteiger partial charge in [-0.3, -0.25) is 0 Å². The van der Waals surface area contributed by atoms with E-state index in [0.717, 1.165) is 28.1 Å². The van der Waals surface area contributed by atoms with Crippen LogP contribution in [-0.2, 0) is 0 Å². The van der Waals surface area contributed by atoms with Gasteiger partial charge in [0.05, 0.1) is 11.4 Å². The molecule has 106 valence electrons. The van der Waals surface area contributed by atoms with Crippen LogP contribution in [0, 0.1) is 0 Å². The molecule has 0 amide bonds. The van der Waals surface area contributed by atoms with Gasteiger partial charge in [-0.15, -0.1) is 0 Å². The SMILES string of the molecule is C=C(c1cc2ccc(C(C)C)nc2[nH]1)N(C)C.CC.[HH]. The number of nitrogens with one attached hydrogen (secondary N) is 1. The van der Waals surface area contributed by atoms with Gasteiger partial charge in [-0.05, 0) is 24.1 Å². The molecule has 2 rings (SSSR count). The van der Waals surface area contributed by atoms with Crippen LogP contribution < -0.4 is 0 Å². The van der Waals surface area contributed by atoms with Gasteiger partial charge < -0.3 is 9.88 Å². The van der Waals surface area contributed by atoms with Crippen molar-refractivity contribution in [2.75, 3.05) is 14.1 Å². The van der Waals surface area contributed by atoms with Crippen LogP contribution in [0.5, 0.6) is 0 Å². The van der Waals surface area contributed by atoms with Gasteiger partial charge in [0.25, 0.3) is 0 Å². The maximum Gasteiger partial charge on any atom is 0.138 e. The maximum atomic E-state index is 4.62. The van der Waals surface area contributed by atoms with Crippen LogP contribution in [0.15, 0.2) is 24.8 Å². The number of aromatic nitrogens is 2. The van der Waals surface area contributed by atoms with Gasteiger partial charge in [0.15, 0.2) is 0 Å². The molecule has 0 atom stereocenters. The van der Waals surface area contributed by atoms with E-state index in [-0.39, 0.29) is 1.43 Å². The van der Waals surface area contributed by atoms with Crippen LogP contribution in [0.3, 0.4) is 0 Å². The van der Waals surface area contributed by atoms with Crippen molar-refractivity contribution in [3.05, 3.63) is 36.2 Å². The average molecular weight is 261 g/mol. The lowest BCUT2D eigenvalue weighted by Crippen LogP contribution is -2.08. The summed E-state index contributed by atoms with van der Waals surface area (Å²) in [4.78, 5) is 9.94. The van der Waals surface area contributed by atoms with Crippen LogP contribution in [-0.4, -0.2) is 29.0 Å². The minimum Gasteiger partial charge on any atom is -0.376 e. The third kappa shape index (κ3) is 3.37. The van der Waals surface area contributed by atoms with Crippen LogP contribution in [0.1, 0.15) is 46.4 Å². The zero-order valence-corrected chi connectivity index (χ0v) is 12.9. The predicted molar refractivity (Wildman–Crippen MR) is 86.4 cm³/mol. The van der Waals surface area contributed by atoms with Gasteiger partial charge in [-0.25, -0.2) is 4.98 Å². The summed E-state index contributed by atoms with van der Waals surface area (Å²) in [5, 5.41) is 1.13. The second-order valence-electron chi connectivity index (χ2n) is 4.85. The highest BCUT2D eigenvalue weighted by Gasteiger charge is 2.08. The lowest BCUT2D eigenvalue weighted by molar-refractivity contribution is 0.591. The highest BCUT2D eigenvalue weighted by atomic mass is 15.1. The van der Waals surface area contributed by atoms with Crippen LogP contribution in [0.4, 0.5) is 0 Å². The first-order valence-corrected chi connectivity index (χ1v) is 6.85. The molecule has 2 aromatic heterocycles. The topological polar surface area (TPSA) is 31.9 Å². The van der Waals surface area contributed by atoms with E-state index in [4.69, 9.17) is 0 Å². The third-order valence-electron chi connectivity index (χ3n) is 2.94. The van der Waals surface area contributed by atoms with Crippen LogP contribution in [0.2, 0.25) is 0 Å². The van der Waals surface area contributed by atoms with Gasteiger partial charge in [0, 0.05) is 26.6 Å². The molecule has 3 heteroatoms. The van der Waals surface area contributed by atoms with E-state index < -0.39 is 0 Å². The summed E-state index contributed by atoms with van der Waals surface area (Å²) in [5.74, 6) is 0.447. The summed E-state index contributed by atoms with van der Waals surface area (Å²) < 4.78 is 0. The molecule has 0 radical (unpaired) electrons. The molecular formula is C16H27N3. The molecule has 0 fully saturated rings. The fourth-order valence-electron chi connectivity index (χ4n) is 1.74. The molecule has 0 aliphatic rings. The Hall–Kier alpha value is -1.77. The Morgan fingerprint density at radius 3 is 2.47 bits per heavy atom. The van der Waals surface area contributed by atoms with Gasteiger partial charge in [0.2, 0.25) is 0 Å². The van der Waals surface area contributed by atoms with Crippen molar-refractivity contribution in [2.45, 2.75) is 33.6 Å². The Bertz CT molecular complexity index is 556. The highest BCUT2D eigenvalue weighted by molar-refractivity contribution is 5.81. The number of H-pyrrole nitrogens is 1. The van der Waals surface area contributed by atoms with Crippen LogP contribution in [0.25, 0.3) is 16.7 Å². The van der Waals surface area contributed by atoms with Crippen molar-refractivity contribution < 1.29 is 1.43 Å². The summed E-state index contributed by atoms with van der Waals surface area (Å²) in [6.45, 7) is 12.3. The van der Waals surface area contributed by atoms with Gasteiger partial charge in [-0.2, -0.15) is 0 Å². The summed E-state index contributed by atoms with van der Waals surface area (Å²) in [6, 6.07) is 6.29. The standard InChI is InChI=1S/C14H19N3.C2H6.H2/c1-9(2)12-7-6-11-8-13(10(3)17(4)5)16-14(11)15-12;1-2;/h6-9H,3H2,1-2,4-5H3,(H,15,16);1-2H3;1H. The molecule has 19 heavy (non-hydrogen) atoms. The fourth-order valence-corrected chi connectivity index (χ4v) is 1.74. The Morgan fingerprint density at radius 1 is 1.32 bits per heavy atom. The van der Waals surface area contributed by atoms with Crippen molar-refractivity contribution in [3.8, 4) is 0 Å². The van der Waals surface area contributed by atoms with E-state index in [1.165, 1.54) is 0 Å². The summed E-state index contributed by atoms with van der Waals surface area (Å²) in [6.07, 6.45) is 0. The Morgan fingerprint density at radius 2 is 1.95 bits per heavy atom. The molecule has 0 spiro atoms. The summed E-state index contributed by atoms with van der Waals surface area (Å²) in [5.41, 5.74) is 4.04. The molecule has 2 heterocycles. The molecule has 0 aliphatic heterocycles. The zero-order chi connectivity index (χ0) is 14.6. The molecular weight excluding hydrogens is 234 g/mol. The molecule has 0 aromatic carbocycles. The Kier molecular flexibility index (Phi) is 5.16. The summed E-state index contributed by atoms with van der Waals surface area (Å²) >= 11 is 0. The van der Waals surface area contributed by atoms with Gasteiger partial charge in [0.1, 0.15) is 5.65 Å². The maximum absolute atomic E-state index is 4.62. The first kappa shape index (κ1) is 15.3. The Balaban J connectivity index is 0.00000115. The van der Waals surface area contributed by atoms with Crippen molar-refractivity contribution in [1.82, 2.24) is 14.9 Å². The number of pyridine rings is 1. The quantitative estimate of drug-likeness (QED) is 0.882. The second-order valence-corrected chi connectivity index (χ2v) is 4.85. The first-order valence-electron chi connectivity index (χ1n) is 6.85. The van der Waals surface area contributed by atoms with Gasteiger partial charge in [-0.1, -0.05) is 34.3 Å². The van der Waals surface area contributed by atoms with Crippen molar-refractivity contribution in [1.29, 1.82) is 0 Å². The number of hydrogen-bond acceptors (Lipinski definition) is 2. The van der Waals surface area contributed by atoms with Crippen molar-refractivity contribution in [3.63, 3.8) is 0 Å². The molecule has 0 bridgehead atoms. The molecule has 2 aromatic rings. The molecule has 0 saturated heterocycles. The van der Waals surface area contributed by atoms with E-state index in [0.29, 0.717) is 5.92 Å². The molecule has 1 N–H and O–H groups in total. The molecule has 0 unspecified atom stereocenters. The zero-order valence-electron chi connectivity index (χ0n) is 12.9. The predicted octanol–water partition coefficient (Wildman–Crippen LogP) is 4.49. The first-order chi connectivity index (χ1) is 8.99. The third-order valence-corrected chi connectivity index (χ3v) is 2.94. The molecule has 0 saturated carbocycles. The fraction of sp³-hybridized carbons (Fsp3) is 0.438. The molecule has 3 nitrogen and oxygen atoms in total. The van der Waals surface area contributed by atoms with Gasteiger partial charge >= 0.3 is 0 Å². The summed E-state index contributed by atoms with van der Waals surface area (Å²) in [7, 11) is 3.97. The van der Waals surface area contributed by atoms with Crippen molar-refractivity contribution >= 4 is 16.7 Å². The van der Waals surface area contributed by atoms with E-state index in [1.807, 2.05) is 32.8 Å². The van der Waals surface area contributed by atoms with E-state index in [2.05, 4.69) is 48.6 Å². The Labute approximate surface area is 117 Å². The molecule has 0 aliphatic carbocycles. The average Bonchev–Trinajstić information content (AvgIpc) is 2.82. The van der Waals surface area contributed by atoms with E-state index >= 15 is 0 Å². The normalized spacial score (nSPS) is 10.3. The highest BCUT2D eigenvalue weighted by Crippen LogP contribution is 2.22.